The molecule has 7 nitrogen and oxygen atoms in total. The van der Waals surface area contributed by atoms with Crippen LogP contribution in [0.5, 0.6) is 0 Å². The molecule has 0 radical (unpaired) electrons. The van der Waals surface area contributed by atoms with Crippen molar-refractivity contribution in [2.75, 3.05) is 28.7 Å². The highest BCUT2D eigenvalue weighted by molar-refractivity contribution is 8.76. The zero-order chi connectivity index (χ0) is 29.3. The summed E-state index contributed by atoms with van der Waals surface area (Å²) >= 11 is 5.99. The largest absolute Gasteiger partial charge is 0.515 e. The third-order valence-corrected chi connectivity index (χ3v) is 8.70. The number of rotatable bonds is 16. The number of para-hydroxylation sites is 2. The lowest BCUT2D eigenvalue weighted by atomic mass is 9.99. The summed E-state index contributed by atoms with van der Waals surface area (Å²) in [6.45, 7) is 0.463. The highest BCUT2D eigenvalue weighted by Gasteiger charge is 2.26. The molecule has 3 amide bonds. The van der Waals surface area contributed by atoms with Gasteiger partial charge in [-0.3, -0.25) is 14.4 Å². The SMILES string of the molecule is O=C(NCCSSCCCCC(C(=O)Nc1ccccc1)C(=O)Nc1ccccc1)/C(=C/O)Cc1cccc(Cl)c1. The number of benzene rings is 3. The normalized spacial score (nSPS) is 11.2. The van der Waals surface area contributed by atoms with E-state index < -0.39 is 5.92 Å². The molecule has 0 aliphatic heterocycles. The Hall–Kier alpha value is -3.40. The van der Waals surface area contributed by atoms with E-state index in [2.05, 4.69) is 16.0 Å². The summed E-state index contributed by atoms with van der Waals surface area (Å²) in [7, 11) is 3.32. The maximum absolute atomic E-state index is 13.0. The van der Waals surface area contributed by atoms with Crippen molar-refractivity contribution < 1.29 is 19.5 Å². The fourth-order valence-electron chi connectivity index (χ4n) is 3.88. The second-order valence-corrected chi connectivity index (χ2v) is 12.3. The molecule has 41 heavy (non-hydrogen) atoms. The minimum atomic E-state index is -0.816. The Morgan fingerprint density at radius 1 is 0.805 bits per heavy atom. The minimum Gasteiger partial charge on any atom is -0.515 e. The van der Waals surface area contributed by atoms with Gasteiger partial charge in [0.2, 0.25) is 11.8 Å². The van der Waals surface area contributed by atoms with E-state index in [4.69, 9.17) is 11.6 Å². The number of halogens is 1. The summed E-state index contributed by atoms with van der Waals surface area (Å²) in [5, 5.41) is 18.6. The molecule has 0 spiro atoms. The van der Waals surface area contributed by atoms with E-state index in [0.29, 0.717) is 48.0 Å². The number of hydrogen-bond donors (Lipinski definition) is 4. The Morgan fingerprint density at radius 3 is 2.00 bits per heavy atom. The Bertz CT molecular complexity index is 1240. The highest BCUT2D eigenvalue weighted by atomic mass is 35.5. The first kappa shape index (κ1) is 32.1. The number of aliphatic hydroxyl groups excluding tert-OH is 1. The van der Waals surface area contributed by atoms with Crippen molar-refractivity contribution >= 4 is 62.3 Å². The van der Waals surface area contributed by atoms with Crippen LogP contribution in [0.25, 0.3) is 0 Å². The zero-order valence-corrected chi connectivity index (χ0v) is 24.9. The first-order chi connectivity index (χ1) is 20.0. The predicted molar refractivity (Wildman–Crippen MR) is 171 cm³/mol. The van der Waals surface area contributed by atoms with Crippen molar-refractivity contribution in [2.24, 2.45) is 5.92 Å². The van der Waals surface area contributed by atoms with Crippen LogP contribution in [0.3, 0.4) is 0 Å². The van der Waals surface area contributed by atoms with Crippen LogP contribution in [-0.4, -0.2) is 40.9 Å². The van der Waals surface area contributed by atoms with Gasteiger partial charge in [0.15, 0.2) is 0 Å². The summed E-state index contributed by atoms with van der Waals surface area (Å²) in [6.07, 6.45) is 3.12. The molecule has 0 unspecified atom stereocenters. The van der Waals surface area contributed by atoms with Crippen LogP contribution in [0, 0.1) is 5.92 Å². The maximum Gasteiger partial charge on any atom is 0.250 e. The first-order valence-corrected chi connectivity index (χ1v) is 16.1. The summed E-state index contributed by atoms with van der Waals surface area (Å²) in [6, 6.07) is 25.4. The topological polar surface area (TPSA) is 108 Å². The van der Waals surface area contributed by atoms with Crippen molar-refractivity contribution in [2.45, 2.75) is 25.7 Å². The molecule has 0 aromatic heterocycles. The van der Waals surface area contributed by atoms with E-state index in [-0.39, 0.29) is 23.3 Å². The number of amides is 3. The van der Waals surface area contributed by atoms with Crippen LogP contribution < -0.4 is 16.0 Å². The first-order valence-electron chi connectivity index (χ1n) is 13.3. The molecule has 0 aliphatic rings. The average Bonchev–Trinajstić information content (AvgIpc) is 2.97. The number of carbonyl (C=O) groups excluding carboxylic acids is 3. The summed E-state index contributed by atoms with van der Waals surface area (Å²) in [5.41, 5.74) is 2.42. The van der Waals surface area contributed by atoms with Gasteiger partial charge in [-0.2, -0.15) is 0 Å². The number of unbranched alkanes of at least 4 members (excludes halogenated alkanes) is 1. The van der Waals surface area contributed by atoms with E-state index in [1.807, 2.05) is 42.5 Å². The number of nitrogens with one attached hydrogen (secondary N) is 3. The minimum absolute atomic E-state index is 0.270. The smallest absolute Gasteiger partial charge is 0.250 e. The molecule has 3 aromatic carbocycles. The maximum atomic E-state index is 13.0. The van der Waals surface area contributed by atoms with Gasteiger partial charge in [-0.1, -0.05) is 88.1 Å². The number of aliphatic hydroxyl groups is 1. The summed E-state index contributed by atoms with van der Waals surface area (Å²) in [5.74, 6) is -0.227. The standard InChI is InChI=1S/C31H34ClN3O4S2/c32-25-11-9-10-23(21-25)20-24(22-36)29(37)33-17-19-41-40-18-8-7-16-28(30(38)34-26-12-3-1-4-13-26)31(39)35-27-14-5-2-6-15-27/h1-6,9-15,21-22,28,36H,7-8,16-20H2,(H,33,37)(H,34,38)(H,35,39)/b24-22+. The van der Waals surface area contributed by atoms with Gasteiger partial charge >= 0.3 is 0 Å². The van der Waals surface area contributed by atoms with Gasteiger partial charge in [-0.15, -0.1) is 0 Å². The van der Waals surface area contributed by atoms with Gasteiger partial charge in [0.25, 0.3) is 5.91 Å². The van der Waals surface area contributed by atoms with Gasteiger partial charge in [0.05, 0.1) is 11.8 Å². The van der Waals surface area contributed by atoms with E-state index >= 15 is 0 Å². The van der Waals surface area contributed by atoms with Crippen molar-refractivity contribution in [3.05, 3.63) is 107 Å². The Labute approximate surface area is 253 Å². The van der Waals surface area contributed by atoms with Gasteiger partial charge < -0.3 is 21.1 Å². The Morgan fingerprint density at radius 2 is 1.41 bits per heavy atom. The van der Waals surface area contributed by atoms with Crippen molar-refractivity contribution in [1.29, 1.82) is 0 Å². The molecule has 216 valence electrons. The molecule has 0 saturated heterocycles. The number of hydrogen-bond acceptors (Lipinski definition) is 6. The van der Waals surface area contributed by atoms with Crippen LogP contribution in [0.1, 0.15) is 24.8 Å². The predicted octanol–water partition coefficient (Wildman–Crippen LogP) is 6.89. The fourth-order valence-corrected chi connectivity index (χ4v) is 6.15. The van der Waals surface area contributed by atoms with Crippen LogP contribution in [0.15, 0.2) is 96.8 Å². The molecular weight excluding hydrogens is 578 g/mol. The van der Waals surface area contributed by atoms with E-state index in [9.17, 15) is 19.5 Å². The van der Waals surface area contributed by atoms with Gasteiger partial charge in [-0.05, 0) is 54.8 Å². The average molecular weight is 612 g/mol. The molecule has 0 fully saturated rings. The quantitative estimate of drug-likeness (QED) is 0.0462. The molecule has 0 aliphatic carbocycles. The molecule has 10 heteroatoms. The number of anilines is 2. The molecule has 0 saturated carbocycles. The van der Waals surface area contributed by atoms with E-state index in [1.54, 1.807) is 64.1 Å². The van der Waals surface area contributed by atoms with Crippen LogP contribution >= 0.6 is 33.2 Å². The van der Waals surface area contributed by atoms with Crippen LogP contribution in [0.2, 0.25) is 5.02 Å². The molecule has 4 N–H and O–H groups in total. The third kappa shape index (κ3) is 11.9. The molecule has 3 aromatic rings. The molecule has 0 atom stereocenters. The molecule has 0 bridgehead atoms. The second kappa shape index (κ2) is 18.1. The van der Waals surface area contributed by atoms with Gasteiger partial charge in [0.1, 0.15) is 5.92 Å². The van der Waals surface area contributed by atoms with E-state index in [0.717, 1.165) is 24.0 Å². The highest BCUT2D eigenvalue weighted by Crippen LogP contribution is 2.24. The lowest BCUT2D eigenvalue weighted by Crippen LogP contribution is -2.34. The lowest BCUT2D eigenvalue weighted by Gasteiger charge is -2.17. The van der Waals surface area contributed by atoms with Crippen LogP contribution in [-0.2, 0) is 20.8 Å². The van der Waals surface area contributed by atoms with E-state index in [1.165, 1.54) is 0 Å². The Balaban J connectivity index is 1.36. The third-order valence-electron chi connectivity index (χ3n) is 5.97. The Kier molecular flexibility index (Phi) is 14.2. The van der Waals surface area contributed by atoms with Crippen molar-refractivity contribution in [1.82, 2.24) is 5.32 Å². The molecule has 0 heterocycles. The number of carbonyl (C=O) groups is 3. The van der Waals surface area contributed by atoms with Crippen LogP contribution in [0.4, 0.5) is 11.4 Å². The molecule has 3 rings (SSSR count). The lowest BCUT2D eigenvalue weighted by molar-refractivity contribution is -0.129. The van der Waals surface area contributed by atoms with Gasteiger partial charge in [0, 0.05) is 40.9 Å². The second-order valence-electron chi connectivity index (χ2n) is 9.12. The monoisotopic (exact) mass is 611 g/mol. The van der Waals surface area contributed by atoms with Gasteiger partial charge in [-0.25, -0.2) is 0 Å². The zero-order valence-electron chi connectivity index (χ0n) is 22.6. The van der Waals surface area contributed by atoms with Crippen molar-refractivity contribution in [3.8, 4) is 0 Å². The molecular formula is C31H34ClN3O4S2. The summed E-state index contributed by atoms with van der Waals surface area (Å²) < 4.78 is 0. The fraction of sp³-hybridized carbons (Fsp3) is 0.258. The summed E-state index contributed by atoms with van der Waals surface area (Å²) in [4.78, 5) is 38.4. The van der Waals surface area contributed by atoms with Crippen molar-refractivity contribution in [3.63, 3.8) is 0 Å².